The van der Waals surface area contributed by atoms with E-state index in [-0.39, 0.29) is 0 Å². The topological polar surface area (TPSA) is 99.1 Å². The monoisotopic (exact) mass is 176 g/mol. The zero-order valence-corrected chi connectivity index (χ0v) is 6.40. The predicted molar refractivity (Wildman–Crippen MR) is 38.5 cm³/mol. The van der Waals surface area contributed by atoms with Gasteiger partial charge in [-0.1, -0.05) is 6.58 Å². The first kappa shape index (κ1) is 9.90. The first-order valence-corrected chi connectivity index (χ1v) is 3.66. The SMILES string of the molecule is C=Cc1cn[nH]n1.O=[P+](O)O. The van der Waals surface area contributed by atoms with E-state index >= 15 is 0 Å². The molecule has 11 heavy (non-hydrogen) atoms. The molecule has 0 unspecified atom stereocenters. The third-order valence-corrected chi connectivity index (χ3v) is 0.643. The summed E-state index contributed by atoms with van der Waals surface area (Å²) < 4.78 is 8.70. The summed E-state index contributed by atoms with van der Waals surface area (Å²) in [6.07, 6.45) is 3.23. The Morgan fingerprint density at radius 2 is 2.27 bits per heavy atom. The van der Waals surface area contributed by atoms with Gasteiger partial charge in [0.05, 0.1) is 6.20 Å². The van der Waals surface area contributed by atoms with E-state index in [0.29, 0.717) is 0 Å². The van der Waals surface area contributed by atoms with Crippen molar-refractivity contribution in [2.75, 3.05) is 0 Å². The first-order valence-electron chi connectivity index (χ1n) is 2.50. The van der Waals surface area contributed by atoms with Crippen molar-refractivity contribution in [3.05, 3.63) is 18.5 Å². The molecule has 0 aromatic carbocycles. The van der Waals surface area contributed by atoms with Gasteiger partial charge in [-0.05, 0) is 6.08 Å². The van der Waals surface area contributed by atoms with Crippen molar-refractivity contribution < 1.29 is 14.4 Å². The van der Waals surface area contributed by atoms with Gasteiger partial charge in [0.25, 0.3) is 0 Å². The minimum atomic E-state index is -2.87. The van der Waals surface area contributed by atoms with E-state index in [2.05, 4.69) is 22.0 Å². The van der Waals surface area contributed by atoms with Gasteiger partial charge >= 0.3 is 8.25 Å². The third kappa shape index (κ3) is 6.79. The summed E-state index contributed by atoms with van der Waals surface area (Å²) in [7, 11) is -2.87. The van der Waals surface area contributed by atoms with E-state index in [1.165, 1.54) is 0 Å². The Labute approximate surface area is 63.5 Å². The van der Waals surface area contributed by atoms with E-state index in [0.717, 1.165) is 5.69 Å². The van der Waals surface area contributed by atoms with Crippen LogP contribution in [0.15, 0.2) is 12.8 Å². The van der Waals surface area contributed by atoms with Crippen molar-refractivity contribution >= 4 is 14.3 Å². The number of hydrogen-bond acceptors (Lipinski definition) is 3. The molecule has 60 valence electrons. The van der Waals surface area contributed by atoms with E-state index in [4.69, 9.17) is 14.4 Å². The maximum atomic E-state index is 8.70. The molecule has 0 saturated carbocycles. The van der Waals surface area contributed by atoms with Gasteiger partial charge in [-0.25, -0.2) is 0 Å². The summed E-state index contributed by atoms with van der Waals surface area (Å²) in [5.74, 6) is 0. The van der Waals surface area contributed by atoms with Crippen LogP contribution in [0, 0.1) is 0 Å². The molecule has 0 aliphatic carbocycles. The molecule has 3 N–H and O–H groups in total. The summed E-state index contributed by atoms with van der Waals surface area (Å²) in [4.78, 5) is 14.2. The molecule has 0 bridgehead atoms. The molecular formula is C4H7N3O3P+. The lowest BCUT2D eigenvalue weighted by Crippen LogP contribution is -1.67. The van der Waals surface area contributed by atoms with E-state index in [9.17, 15) is 0 Å². The molecule has 0 aliphatic rings. The summed E-state index contributed by atoms with van der Waals surface area (Å²) >= 11 is 0. The minimum absolute atomic E-state index is 0.778. The Morgan fingerprint density at radius 1 is 1.73 bits per heavy atom. The Balaban J connectivity index is 0.000000218. The van der Waals surface area contributed by atoms with Crippen LogP contribution in [-0.2, 0) is 4.57 Å². The summed E-state index contributed by atoms with van der Waals surface area (Å²) in [6.45, 7) is 3.48. The zero-order chi connectivity index (χ0) is 8.69. The maximum Gasteiger partial charge on any atom is 0.692 e. The highest BCUT2D eigenvalue weighted by Crippen LogP contribution is 1.98. The molecule has 1 heterocycles. The van der Waals surface area contributed by atoms with Gasteiger partial charge in [0.2, 0.25) is 0 Å². The first-order chi connectivity index (χ1) is 5.16. The average Bonchev–Trinajstić information content (AvgIpc) is 2.36. The zero-order valence-electron chi connectivity index (χ0n) is 5.51. The predicted octanol–water partition coefficient (Wildman–Crippen LogP) is 0.0761. The molecule has 1 rings (SSSR count). The summed E-state index contributed by atoms with van der Waals surface area (Å²) in [5.41, 5.74) is 0.778. The Morgan fingerprint density at radius 3 is 2.45 bits per heavy atom. The van der Waals surface area contributed by atoms with Crippen LogP contribution in [0.4, 0.5) is 0 Å². The molecule has 0 aliphatic heterocycles. The lowest BCUT2D eigenvalue weighted by molar-refractivity contribution is 0.405. The fourth-order valence-electron chi connectivity index (χ4n) is 0.309. The van der Waals surface area contributed by atoms with Crippen LogP contribution in [0.25, 0.3) is 6.08 Å². The molecule has 0 fully saturated rings. The Hall–Kier alpha value is -1.10. The molecule has 6 nitrogen and oxygen atoms in total. The van der Waals surface area contributed by atoms with Gasteiger partial charge in [0.1, 0.15) is 5.69 Å². The van der Waals surface area contributed by atoms with Crippen molar-refractivity contribution in [1.29, 1.82) is 0 Å². The Kier molecular flexibility index (Phi) is 5.10. The van der Waals surface area contributed by atoms with Crippen LogP contribution >= 0.6 is 8.25 Å². The molecule has 0 spiro atoms. The van der Waals surface area contributed by atoms with Gasteiger partial charge in [-0.15, -0.1) is 9.79 Å². The molecule has 0 amide bonds. The summed E-state index contributed by atoms with van der Waals surface area (Å²) in [6, 6.07) is 0. The van der Waals surface area contributed by atoms with Crippen LogP contribution in [0.2, 0.25) is 0 Å². The second kappa shape index (κ2) is 5.67. The maximum absolute atomic E-state index is 8.70. The number of nitrogens with zero attached hydrogens (tertiary/aromatic N) is 2. The molecule has 0 atom stereocenters. The van der Waals surface area contributed by atoms with Crippen LogP contribution in [-0.4, -0.2) is 25.2 Å². The van der Waals surface area contributed by atoms with Gasteiger partial charge in [0.15, 0.2) is 0 Å². The molecule has 7 heteroatoms. The molecular weight excluding hydrogens is 169 g/mol. The van der Waals surface area contributed by atoms with Crippen molar-refractivity contribution in [1.82, 2.24) is 15.4 Å². The van der Waals surface area contributed by atoms with E-state index in [1.54, 1.807) is 12.3 Å². The fraction of sp³-hybridized carbons (Fsp3) is 0. The lowest BCUT2D eigenvalue weighted by atomic mass is 10.5. The largest absolute Gasteiger partial charge is 0.692 e. The van der Waals surface area contributed by atoms with E-state index < -0.39 is 8.25 Å². The van der Waals surface area contributed by atoms with Crippen LogP contribution < -0.4 is 0 Å². The highest BCUT2D eigenvalue weighted by atomic mass is 31.1. The van der Waals surface area contributed by atoms with Crippen LogP contribution in [0.1, 0.15) is 5.69 Å². The normalized spacial score (nSPS) is 7.82. The van der Waals surface area contributed by atoms with Gasteiger partial charge in [-0.2, -0.15) is 15.4 Å². The number of hydrogen-bond donors (Lipinski definition) is 3. The minimum Gasteiger partial charge on any atom is -0.197 e. The number of rotatable bonds is 1. The van der Waals surface area contributed by atoms with E-state index in [1.807, 2.05) is 0 Å². The molecule has 1 aromatic heterocycles. The smallest absolute Gasteiger partial charge is 0.197 e. The van der Waals surface area contributed by atoms with Gasteiger partial charge in [0, 0.05) is 4.57 Å². The summed E-state index contributed by atoms with van der Waals surface area (Å²) in [5, 5.41) is 9.68. The standard InChI is InChI=1S/C4H5N3.HO3P/c1-2-4-3-5-7-6-4;1-4(2)3/h2-3H,1H2,(H,5,6,7);(H-,1,2,3)/p+1. The van der Waals surface area contributed by atoms with Crippen LogP contribution in [0.3, 0.4) is 0 Å². The lowest BCUT2D eigenvalue weighted by Gasteiger charge is -1.67. The van der Waals surface area contributed by atoms with Crippen molar-refractivity contribution in [2.45, 2.75) is 0 Å². The highest BCUT2D eigenvalue weighted by Gasteiger charge is 1.93. The van der Waals surface area contributed by atoms with Crippen LogP contribution in [0.5, 0.6) is 0 Å². The van der Waals surface area contributed by atoms with Crippen molar-refractivity contribution in [2.24, 2.45) is 0 Å². The quantitative estimate of drug-likeness (QED) is 0.526. The number of aromatic amines is 1. The number of H-pyrrole nitrogens is 1. The number of nitrogens with one attached hydrogen (secondary N) is 1. The fourth-order valence-corrected chi connectivity index (χ4v) is 0.309. The second-order valence-electron chi connectivity index (χ2n) is 1.35. The average molecular weight is 176 g/mol. The highest BCUT2D eigenvalue weighted by molar-refractivity contribution is 7.30. The molecule has 1 aromatic rings. The third-order valence-electron chi connectivity index (χ3n) is 0.643. The number of aromatic nitrogens is 3. The molecule has 0 saturated heterocycles. The van der Waals surface area contributed by atoms with Gasteiger partial charge < -0.3 is 0 Å². The molecule has 0 radical (unpaired) electrons. The van der Waals surface area contributed by atoms with Gasteiger partial charge in [-0.3, -0.25) is 0 Å². The second-order valence-corrected chi connectivity index (χ2v) is 1.86. The Bertz CT molecular complexity index is 218. The van der Waals surface area contributed by atoms with Crippen molar-refractivity contribution in [3.63, 3.8) is 0 Å². The van der Waals surface area contributed by atoms with Crippen molar-refractivity contribution in [3.8, 4) is 0 Å².